The molecule has 3 amide bonds. The van der Waals surface area contributed by atoms with E-state index in [1.165, 1.54) is 0 Å². The van der Waals surface area contributed by atoms with E-state index >= 15 is 0 Å². The van der Waals surface area contributed by atoms with Gasteiger partial charge in [0, 0.05) is 22.7 Å². The number of H-pyrrole nitrogens is 1. The molecule has 0 radical (unpaired) electrons. The third-order valence-corrected chi connectivity index (χ3v) is 6.44. The van der Waals surface area contributed by atoms with Crippen molar-refractivity contribution < 1.29 is 14.4 Å². The van der Waals surface area contributed by atoms with Gasteiger partial charge in [0.05, 0.1) is 6.54 Å². The summed E-state index contributed by atoms with van der Waals surface area (Å²) in [6.07, 6.45) is 4.77. The largest absolute Gasteiger partial charge is 0.360 e. The van der Waals surface area contributed by atoms with E-state index in [4.69, 9.17) is 0 Å². The van der Waals surface area contributed by atoms with Crippen LogP contribution in [0.3, 0.4) is 0 Å². The van der Waals surface area contributed by atoms with Gasteiger partial charge in [-0.15, -0.1) is 0 Å². The first-order chi connectivity index (χ1) is 14.5. The summed E-state index contributed by atoms with van der Waals surface area (Å²) in [6.45, 7) is 1.80. The Morgan fingerprint density at radius 1 is 1.13 bits per heavy atom. The quantitative estimate of drug-likeness (QED) is 0.517. The van der Waals surface area contributed by atoms with E-state index in [0.717, 1.165) is 51.8 Å². The van der Waals surface area contributed by atoms with Gasteiger partial charge in [0.1, 0.15) is 5.54 Å². The van der Waals surface area contributed by atoms with Crippen molar-refractivity contribution in [3.8, 4) is 0 Å². The molecule has 1 atom stereocenters. The number of nitrogens with one attached hydrogen (secondary N) is 2. The van der Waals surface area contributed by atoms with Crippen molar-refractivity contribution in [1.82, 2.24) is 15.2 Å². The number of benzene rings is 2. The number of hydrogen-bond acceptors (Lipinski definition) is 3. The molecule has 1 aromatic heterocycles. The summed E-state index contributed by atoms with van der Waals surface area (Å²) in [4.78, 5) is 43.5. The lowest BCUT2D eigenvalue weighted by atomic mass is 9.76. The van der Waals surface area contributed by atoms with Crippen molar-refractivity contribution in [2.75, 3.05) is 6.54 Å². The highest BCUT2D eigenvalue weighted by atomic mass is 16.2. The minimum atomic E-state index is -1.05. The minimum Gasteiger partial charge on any atom is -0.360 e. The van der Waals surface area contributed by atoms with Crippen LogP contribution in [0.25, 0.3) is 10.9 Å². The van der Waals surface area contributed by atoms with Crippen molar-refractivity contribution in [3.05, 3.63) is 70.9 Å². The molecule has 0 bridgehead atoms. The Kier molecular flexibility index (Phi) is 4.24. The SMILES string of the molecule is CCc1cccc2c(C(=O)CN3C(=O)N[C@@]4(CCCc5ccccc54)C3=O)c[nH]c12. The molecule has 2 heterocycles. The first kappa shape index (κ1) is 18.6. The zero-order chi connectivity index (χ0) is 20.9. The molecule has 5 rings (SSSR count). The second-order valence-corrected chi connectivity index (χ2v) is 8.06. The summed E-state index contributed by atoms with van der Waals surface area (Å²) in [6, 6.07) is 13.1. The van der Waals surface area contributed by atoms with Crippen molar-refractivity contribution in [2.45, 2.75) is 38.1 Å². The molecule has 152 valence electrons. The van der Waals surface area contributed by atoms with Crippen LogP contribution in [0.5, 0.6) is 0 Å². The molecule has 1 spiro atoms. The summed E-state index contributed by atoms with van der Waals surface area (Å²) in [5, 5.41) is 3.73. The molecule has 3 aromatic rings. The van der Waals surface area contributed by atoms with Crippen molar-refractivity contribution in [1.29, 1.82) is 0 Å². The highest BCUT2D eigenvalue weighted by Crippen LogP contribution is 2.40. The fourth-order valence-electron chi connectivity index (χ4n) is 4.93. The summed E-state index contributed by atoms with van der Waals surface area (Å²) >= 11 is 0. The maximum absolute atomic E-state index is 13.4. The van der Waals surface area contributed by atoms with Crippen molar-refractivity contribution in [3.63, 3.8) is 0 Å². The number of ketones is 1. The summed E-state index contributed by atoms with van der Waals surface area (Å²) < 4.78 is 0. The fraction of sp³-hybridized carbons (Fsp3) is 0.292. The molecule has 0 unspecified atom stereocenters. The molecule has 2 aromatic carbocycles. The number of aromatic amines is 1. The van der Waals surface area contributed by atoms with Gasteiger partial charge in [-0.1, -0.05) is 49.4 Å². The van der Waals surface area contributed by atoms with E-state index in [1.54, 1.807) is 6.20 Å². The number of hydrogen-bond donors (Lipinski definition) is 2. The average Bonchev–Trinajstić information content (AvgIpc) is 3.30. The van der Waals surface area contributed by atoms with E-state index < -0.39 is 11.6 Å². The van der Waals surface area contributed by atoms with Gasteiger partial charge in [0.2, 0.25) is 0 Å². The molecule has 30 heavy (non-hydrogen) atoms. The van der Waals surface area contributed by atoms with Gasteiger partial charge in [-0.25, -0.2) is 4.79 Å². The summed E-state index contributed by atoms with van der Waals surface area (Å²) in [7, 11) is 0. The number of rotatable bonds is 4. The summed E-state index contributed by atoms with van der Waals surface area (Å²) in [5.41, 5.74) is 3.43. The van der Waals surface area contributed by atoms with E-state index in [1.807, 2.05) is 42.5 Å². The van der Waals surface area contributed by atoms with Crippen LogP contribution in [-0.4, -0.2) is 34.2 Å². The Hall–Kier alpha value is -3.41. The third kappa shape index (κ3) is 2.60. The zero-order valence-corrected chi connectivity index (χ0v) is 16.8. The second-order valence-electron chi connectivity index (χ2n) is 8.06. The smallest absolute Gasteiger partial charge is 0.325 e. The first-order valence-electron chi connectivity index (χ1n) is 10.4. The lowest BCUT2D eigenvalue weighted by Crippen LogP contribution is -2.46. The molecule has 6 heteroatoms. The van der Waals surface area contributed by atoms with E-state index in [0.29, 0.717) is 12.0 Å². The number of carbonyl (C=O) groups is 3. The van der Waals surface area contributed by atoms with Crippen LogP contribution in [0.15, 0.2) is 48.7 Å². The third-order valence-electron chi connectivity index (χ3n) is 6.44. The number of aryl methyl sites for hydroxylation is 2. The van der Waals surface area contributed by atoms with E-state index in [2.05, 4.69) is 17.2 Å². The normalized spacial score (nSPS) is 20.6. The maximum Gasteiger partial charge on any atom is 0.325 e. The molecule has 1 aliphatic heterocycles. The van der Waals surface area contributed by atoms with Crippen molar-refractivity contribution >= 4 is 28.6 Å². The van der Waals surface area contributed by atoms with Crippen LogP contribution in [0.2, 0.25) is 0 Å². The molecular formula is C24H23N3O3. The second kappa shape index (κ2) is 6.83. The number of imide groups is 1. The predicted octanol–water partition coefficient (Wildman–Crippen LogP) is 3.70. The van der Waals surface area contributed by atoms with Crippen LogP contribution in [0.4, 0.5) is 4.79 Å². The van der Waals surface area contributed by atoms with Crippen LogP contribution in [-0.2, 0) is 23.2 Å². The van der Waals surface area contributed by atoms with Gasteiger partial charge in [0.25, 0.3) is 5.91 Å². The Bertz CT molecular complexity index is 1200. The van der Waals surface area contributed by atoms with Gasteiger partial charge >= 0.3 is 6.03 Å². The van der Waals surface area contributed by atoms with Crippen LogP contribution >= 0.6 is 0 Å². The van der Waals surface area contributed by atoms with Gasteiger partial charge < -0.3 is 10.3 Å². The molecule has 2 N–H and O–H groups in total. The predicted molar refractivity (Wildman–Crippen MR) is 113 cm³/mol. The lowest BCUT2D eigenvalue weighted by Gasteiger charge is -2.33. The van der Waals surface area contributed by atoms with E-state index in [-0.39, 0.29) is 18.2 Å². The number of aromatic nitrogens is 1. The van der Waals surface area contributed by atoms with Crippen LogP contribution in [0.1, 0.15) is 46.8 Å². The van der Waals surface area contributed by atoms with Gasteiger partial charge in [-0.3, -0.25) is 14.5 Å². The average molecular weight is 401 g/mol. The number of urea groups is 1. The molecule has 2 aliphatic rings. The van der Waals surface area contributed by atoms with Gasteiger partial charge in [-0.2, -0.15) is 0 Å². The number of amides is 3. The van der Waals surface area contributed by atoms with Crippen LogP contribution in [0, 0.1) is 0 Å². The standard InChI is InChI=1S/C24H23N3O3/c1-2-15-8-5-10-17-18(13-25-21(15)17)20(28)14-27-22(29)24(26-23(27)30)12-6-9-16-7-3-4-11-19(16)24/h3-5,7-8,10-11,13,25H,2,6,9,12,14H2,1H3,(H,26,30)/t24-/m1/s1. The van der Waals surface area contributed by atoms with Crippen molar-refractivity contribution in [2.24, 2.45) is 0 Å². The Labute approximate surface area is 174 Å². The highest BCUT2D eigenvalue weighted by molar-refractivity contribution is 6.14. The first-order valence-corrected chi connectivity index (χ1v) is 10.4. The molecule has 1 fully saturated rings. The monoisotopic (exact) mass is 401 g/mol. The number of nitrogens with zero attached hydrogens (tertiary/aromatic N) is 1. The maximum atomic E-state index is 13.4. The number of fused-ring (bicyclic) bond motifs is 3. The Balaban J connectivity index is 1.46. The molecule has 1 saturated heterocycles. The number of Topliss-reactive ketones (excluding diaryl/α,β-unsaturated/α-hetero) is 1. The Morgan fingerprint density at radius 2 is 1.97 bits per heavy atom. The van der Waals surface area contributed by atoms with Crippen LogP contribution < -0.4 is 5.32 Å². The molecule has 0 saturated carbocycles. The number of carbonyl (C=O) groups excluding carboxylic acids is 3. The van der Waals surface area contributed by atoms with Gasteiger partial charge in [0.15, 0.2) is 5.78 Å². The zero-order valence-electron chi connectivity index (χ0n) is 16.8. The molecular weight excluding hydrogens is 378 g/mol. The lowest BCUT2D eigenvalue weighted by molar-refractivity contribution is -0.131. The van der Waals surface area contributed by atoms with E-state index in [9.17, 15) is 14.4 Å². The summed E-state index contributed by atoms with van der Waals surface area (Å²) in [5.74, 6) is -0.582. The fourth-order valence-corrected chi connectivity index (χ4v) is 4.93. The number of para-hydroxylation sites is 1. The van der Waals surface area contributed by atoms with Gasteiger partial charge in [-0.05, 0) is 42.4 Å². The molecule has 1 aliphatic carbocycles. The topological polar surface area (TPSA) is 82.3 Å². The Morgan fingerprint density at radius 3 is 2.80 bits per heavy atom. The minimum absolute atomic E-state index is 0.251. The molecule has 6 nitrogen and oxygen atoms in total. The highest BCUT2D eigenvalue weighted by Gasteiger charge is 2.54.